The highest BCUT2D eigenvalue weighted by Gasteiger charge is 2.16. The first kappa shape index (κ1) is 24.8. The van der Waals surface area contributed by atoms with Crippen molar-refractivity contribution in [2.24, 2.45) is 9.98 Å². The number of carbonyl (C=O) groups is 4. The predicted octanol–water partition coefficient (Wildman–Crippen LogP) is 2.38. The van der Waals surface area contributed by atoms with Crippen molar-refractivity contribution >= 4 is 37.2 Å². The monoisotopic (exact) mass is 362 g/mol. The van der Waals surface area contributed by atoms with E-state index in [0.29, 0.717) is 12.8 Å². The number of nitrogens with zero attached hydrogens (tertiary/aromatic N) is 2. The van der Waals surface area contributed by atoms with Crippen LogP contribution in [0.5, 0.6) is 0 Å². The molecule has 0 aliphatic heterocycles. The minimum absolute atomic E-state index is 0.0120. The van der Waals surface area contributed by atoms with Crippen LogP contribution in [0.2, 0.25) is 0 Å². The van der Waals surface area contributed by atoms with Gasteiger partial charge in [0.05, 0.1) is 0 Å². The molecule has 0 aliphatic rings. The Morgan fingerprint density at radius 1 is 0.615 bits per heavy atom. The maximum atomic E-state index is 11.1. The lowest BCUT2D eigenvalue weighted by atomic mass is 9.96. The van der Waals surface area contributed by atoms with E-state index in [9.17, 15) is 19.2 Å². The van der Waals surface area contributed by atoms with Crippen molar-refractivity contribution in [2.75, 3.05) is 0 Å². The molecule has 0 saturated heterocycles. The lowest BCUT2D eigenvalue weighted by Crippen LogP contribution is -2.06. The third-order valence-corrected chi connectivity index (χ3v) is 2.93. The SMILES string of the molecule is C=NC(=O)C(=C)C(=C)C(=C)C(=C)C(=O)N=C.O=C(O)CCCCC(=O)O. The van der Waals surface area contributed by atoms with Gasteiger partial charge in [-0.1, -0.05) is 26.3 Å². The molecule has 8 heteroatoms. The number of hydrogen-bond donors (Lipinski definition) is 2. The third-order valence-electron chi connectivity index (χ3n) is 2.93. The lowest BCUT2D eigenvalue weighted by Gasteiger charge is -2.09. The van der Waals surface area contributed by atoms with E-state index >= 15 is 0 Å². The predicted molar refractivity (Wildman–Crippen MR) is 99.4 cm³/mol. The Morgan fingerprint density at radius 3 is 1.08 bits per heavy atom. The summed E-state index contributed by atoms with van der Waals surface area (Å²) in [6.07, 6.45) is 1.02. The van der Waals surface area contributed by atoms with Crippen molar-refractivity contribution in [1.29, 1.82) is 0 Å². The summed E-state index contributed by atoms with van der Waals surface area (Å²) >= 11 is 0. The van der Waals surface area contributed by atoms with Gasteiger partial charge in [0.15, 0.2) is 0 Å². The summed E-state index contributed by atoms with van der Waals surface area (Å²) in [4.78, 5) is 48.4. The van der Waals surface area contributed by atoms with E-state index in [1.165, 1.54) is 0 Å². The Labute approximate surface area is 151 Å². The summed E-state index contributed by atoms with van der Waals surface area (Å²) in [5, 5.41) is 16.3. The molecule has 8 nitrogen and oxygen atoms in total. The van der Waals surface area contributed by atoms with Crippen LogP contribution in [0.4, 0.5) is 0 Å². The van der Waals surface area contributed by atoms with Gasteiger partial charge in [-0.15, -0.1) is 0 Å². The molecule has 0 aromatic carbocycles. The van der Waals surface area contributed by atoms with E-state index in [1.807, 2.05) is 0 Å². The molecule has 2 N–H and O–H groups in total. The van der Waals surface area contributed by atoms with Gasteiger partial charge in [0.2, 0.25) is 0 Å². The van der Waals surface area contributed by atoms with E-state index < -0.39 is 23.8 Å². The summed E-state index contributed by atoms with van der Waals surface area (Å²) in [7, 11) is 0. The minimum atomic E-state index is -0.870. The van der Waals surface area contributed by atoms with Crippen LogP contribution in [0.3, 0.4) is 0 Å². The van der Waals surface area contributed by atoms with Crippen LogP contribution in [0.25, 0.3) is 0 Å². The number of rotatable bonds is 10. The van der Waals surface area contributed by atoms with Gasteiger partial charge >= 0.3 is 11.9 Å². The molecular formula is C18H22N2O6. The Kier molecular flexibility index (Phi) is 12.4. The summed E-state index contributed by atoms with van der Waals surface area (Å²) in [6, 6.07) is 0. The summed E-state index contributed by atoms with van der Waals surface area (Å²) in [5.41, 5.74) is 0.384. The number of carbonyl (C=O) groups excluding carboxylic acids is 2. The fourth-order valence-electron chi connectivity index (χ4n) is 1.37. The quantitative estimate of drug-likeness (QED) is 0.265. The molecule has 0 aromatic rings. The average Bonchev–Trinajstić information content (AvgIpc) is 2.61. The van der Waals surface area contributed by atoms with Crippen molar-refractivity contribution in [2.45, 2.75) is 25.7 Å². The van der Waals surface area contributed by atoms with Crippen LogP contribution >= 0.6 is 0 Å². The molecule has 0 heterocycles. The Balaban J connectivity index is 0. The zero-order valence-corrected chi connectivity index (χ0v) is 14.5. The molecule has 0 aromatic heterocycles. The van der Waals surface area contributed by atoms with Gasteiger partial charge < -0.3 is 10.2 Å². The normalized spacial score (nSPS) is 8.92. The number of carboxylic acids is 2. The molecule has 0 rings (SSSR count). The Bertz CT molecular complexity index is 615. The Morgan fingerprint density at radius 2 is 0.885 bits per heavy atom. The van der Waals surface area contributed by atoms with E-state index in [0.717, 1.165) is 0 Å². The first-order chi connectivity index (χ1) is 12.0. The van der Waals surface area contributed by atoms with Gasteiger partial charge in [-0.2, -0.15) is 0 Å². The van der Waals surface area contributed by atoms with Crippen LogP contribution in [-0.4, -0.2) is 47.4 Å². The molecule has 0 spiro atoms. The van der Waals surface area contributed by atoms with Gasteiger partial charge in [0, 0.05) is 24.0 Å². The maximum Gasteiger partial charge on any atom is 0.303 e. The third kappa shape index (κ3) is 10.4. The average molecular weight is 362 g/mol. The van der Waals surface area contributed by atoms with E-state index in [4.69, 9.17) is 10.2 Å². The zero-order chi connectivity index (χ0) is 20.9. The van der Waals surface area contributed by atoms with Gasteiger partial charge in [-0.25, -0.2) is 9.98 Å². The second-order valence-electron chi connectivity index (χ2n) is 4.84. The van der Waals surface area contributed by atoms with Crippen LogP contribution < -0.4 is 0 Å². The van der Waals surface area contributed by atoms with Gasteiger partial charge in [0.1, 0.15) is 0 Å². The molecule has 2 amide bonds. The van der Waals surface area contributed by atoms with Crippen LogP contribution in [0.15, 0.2) is 58.6 Å². The highest BCUT2D eigenvalue weighted by atomic mass is 16.4. The molecule has 0 saturated carbocycles. The first-order valence-electron chi connectivity index (χ1n) is 7.21. The largest absolute Gasteiger partial charge is 0.481 e. The van der Waals surface area contributed by atoms with E-state index in [2.05, 4.69) is 49.7 Å². The summed E-state index contributed by atoms with van der Waals surface area (Å²) in [5.74, 6) is -2.99. The second-order valence-corrected chi connectivity index (χ2v) is 4.84. The van der Waals surface area contributed by atoms with E-state index in [-0.39, 0.29) is 35.1 Å². The molecule has 26 heavy (non-hydrogen) atoms. The summed E-state index contributed by atoms with van der Waals surface area (Å²) in [6.45, 7) is 20.2. The smallest absolute Gasteiger partial charge is 0.303 e. The van der Waals surface area contributed by atoms with Crippen molar-refractivity contribution in [3.63, 3.8) is 0 Å². The number of unbranched alkanes of at least 4 members (excludes halogenated alkanes) is 1. The standard InChI is InChI=1S/C12H12N2O2.C6H10O4/c1-7(9(3)11(15)13-5)8(2)10(4)12(16)14-6;7-5(8)3-1-2-4-6(9)10/h1-6H2;1-4H2,(H,7,8)(H,9,10). The topological polar surface area (TPSA) is 133 Å². The number of hydrogen-bond acceptors (Lipinski definition) is 4. The molecule has 140 valence electrons. The highest BCUT2D eigenvalue weighted by molar-refractivity contribution is 6.05. The molecule has 0 fully saturated rings. The van der Waals surface area contributed by atoms with Gasteiger partial charge in [-0.05, 0) is 37.4 Å². The number of aliphatic imine (C=N–C) groups is 2. The molecular weight excluding hydrogens is 340 g/mol. The number of aliphatic carboxylic acids is 2. The van der Waals surface area contributed by atoms with Crippen LogP contribution in [0, 0.1) is 0 Å². The zero-order valence-electron chi connectivity index (χ0n) is 14.5. The van der Waals surface area contributed by atoms with Crippen molar-refractivity contribution in [3.05, 3.63) is 48.6 Å². The van der Waals surface area contributed by atoms with Crippen LogP contribution in [-0.2, 0) is 19.2 Å². The first-order valence-corrected chi connectivity index (χ1v) is 7.21. The molecule has 0 unspecified atom stereocenters. The lowest BCUT2D eigenvalue weighted by molar-refractivity contribution is -0.139. The van der Waals surface area contributed by atoms with E-state index in [1.54, 1.807) is 0 Å². The minimum Gasteiger partial charge on any atom is -0.481 e. The molecule has 0 atom stereocenters. The van der Waals surface area contributed by atoms with Crippen molar-refractivity contribution in [3.8, 4) is 0 Å². The number of carboxylic acid groups (broad SMARTS) is 2. The van der Waals surface area contributed by atoms with Gasteiger partial charge in [-0.3, -0.25) is 19.2 Å². The fourth-order valence-corrected chi connectivity index (χ4v) is 1.37. The molecule has 0 aliphatic carbocycles. The highest BCUT2D eigenvalue weighted by Crippen LogP contribution is 2.22. The second kappa shape index (κ2) is 12.9. The van der Waals surface area contributed by atoms with Crippen molar-refractivity contribution < 1.29 is 29.4 Å². The summed E-state index contributed by atoms with van der Waals surface area (Å²) < 4.78 is 0. The maximum absolute atomic E-state index is 11.1. The van der Waals surface area contributed by atoms with Gasteiger partial charge in [0.25, 0.3) is 11.8 Å². The van der Waals surface area contributed by atoms with Crippen molar-refractivity contribution in [1.82, 2.24) is 0 Å². The Hall–Kier alpha value is -3.42. The fraction of sp³-hybridized carbons (Fsp3) is 0.222. The molecule has 0 bridgehead atoms. The molecule has 0 radical (unpaired) electrons. The number of amides is 2. The van der Waals surface area contributed by atoms with Crippen LogP contribution in [0.1, 0.15) is 25.7 Å².